The summed E-state index contributed by atoms with van der Waals surface area (Å²) >= 11 is 0. The number of fused-ring (bicyclic) bond motifs is 10. The van der Waals surface area contributed by atoms with Crippen molar-refractivity contribution in [2.24, 2.45) is 11.8 Å². The normalized spacial score (nSPS) is 25.4. The average Bonchev–Trinajstić information content (AvgIpc) is 3.56. The predicted octanol–water partition coefficient (Wildman–Crippen LogP) is 11.3. The first-order valence-corrected chi connectivity index (χ1v) is 18.9. The van der Waals surface area contributed by atoms with E-state index >= 15 is 0 Å². The Labute approximate surface area is 305 Å². The average molecular weight is 674 g/mol. The molecule has 3 aliphatic heterocycles. The van der Waals surface area contributed by atoms with Gasteiger partial charge < -0.3 is 14.4 Å². The maximum atomic E-state index is 7.55. The van der Waals surface area contributed by atoms with Crippen LogP contribution in [0.5, 0.6) is 17.2 Å². The van der Waals surface area contributed by atoms with Gasteiger partial charge in [-0.05, 0) is 66.7 Å². The monoisotopic (exact) mass is 673 g/mol. The number of hydrogen-bond acceptors (Lipinski definition) is 3. The van der Waals surface area contributed by atoms with Crippen molar-refractivity contribution >= 4 is 11.3 Å². The lowest BCUT2D eigenvalue weighted by Crippen LogP contribution is -2.42. The lowest BCUT2D eigenvalue weighted by molar-refractivity contribution is 0.360. The summed E-state index contributed by atoms with van der Waals surface area (Å²) in [5, 5.41) is 0. The van der Waals surface area contributed by atoms with E-state index in [0.717, 1.165) is 48.7 Å². The van der Waals surface area contributed by atoms with E-state index < -0.39 is 5.41 Å². The molecule has 0 bridgehead atoms. The van der Waals surface area contributed by atoms with Crippen LogP contribution in [0, 0.1) is 11.8 Å². The van der Waals surface area contributed by atoms with Gasteiger partial charge in [0, 0.05) is 45.4 Å². The molecule has 4 aromatic rings. The number of rotatable bonds is 3. The molecule has 4 unspecified atom stereocenters. The number of benzene rings is 4. The van der Waals surface area contributed by atoms with Gasteiger partial charge in [0.2, 0.25) is 0 Å². The molecule has 252 valence electrons. The van der Waals surface area contributed by atoms with E-state index in [9.17, 15) is 0 Å². The third-order valence-electron chi connectivity index (χ3n) is 12.4. The number of para-hydroxylation sites is 4. The van der Waals surface area contributed by atoms with Crippen LogP contribution in [0.3, 0.4) is 0 Å². The fraction of sp³-hybridized carbons (Fsp3) is 0.184. The number of anilines is 1. The summed E-state index contributed by atoms with van der Waals surface area (Å²) in [5.41, 5.74) is 10.6. The second kappa shape index (κ2) is 11.6. The first-order chi connectivity index (χ1) is 25.8. The number of nitrogens with zero attached hydrogens (tertiary/aromatic N) is 1. The highest BCUT2D eigenvalue weighted by Gasteiger charge is 2.55. The van der Waals surface area contributed by atoms with Crippen LogP contribution in [0.4, 0.5) is 5.69 Å². The third-order valence-corrected chi connectivity index (χ3v) is 12.4. The number of hydrogen-bond donors (Lipinski definition) is 0. The second-order valence-corrected chi connectivity index (χ2v) is 14.9. The Hall–Kier alpha value is -5.80. The van der Waals surface area contributed by atoms with Crippen molar-refractivity contribution in [3.8, 4) is 17.2 Å². The van der Waals surface area contributed by atoms with E-state index in [-0.39, 0.29) is 12.1 Å². The first kappa shape index (κ1) is 29.9. The summed E-state index contributed by atoms with van der Waals surface area (Å²) in [4.78, 5) is 2.68. The molecule has 7 aliphatic rings. The van der Waals surface area contributed by atoms with E-state index in [1.165, 1.54) is 50.2 Å². The van der Waals surface area contributed by atoms with Crippen molar-refractivity contribution in [2.45, 2.75) is 43.2 Å². The van der Waals surface area contributed by atoms with Crippen LogP contribution in [-0.4, -0.2) is 12.1 Å². The van der Waals surface area contributed by atoms with Gasteiger partial charge in [0.05, 0.1) is 17.5 Å². The van der Waals surface area contributed by atoms with Gasteiger partial charge in [-0.1, -0.05) is 140 Å². The van der Waals surface area contributed by atoms with E-state index in [1.807, 2.05) is 0 Å². The quantitative estimate of drug-likeness (QED) is 0.216. The lowest BCUT2D eigenvalue weighted by atomic mass is 9.59. The fourth-order valence-corrected chi connectivity index (χ4v) is 10.3. The number of ether oxygens (including phenoxy) is 2. The molecule has 1 saturated heterocycles. The molecule has 0 saturated carbocycles. The van der Waals surface area contributed by atoms with Crippen molar-refractivity contribution in [1.82, 2.24) is 0 Å². The zero-order chi connectivity index (χ0) is 34.2. The molecule has 4 aromatic carbocycles. The summed E-state index contributed by atoms with van der Waals surface area (Å²) in [6.07, 6.45) is 29.5. The van der Waals surface area contributed by atoms with Gasteiger partial charge >= 0.3 is 0 Å². The van der Waals surface area contributed by atoms with Crippen molar-refractivity contribution in [3.05, 3.63) is 209 Å². The molecule has 0 amide bonds. The summed E-state index contributed by atoms with van der Waals surface area (Å²) in [5.74, 6) is 4.53. The van der Waals surface area contributed by atoms with Gasteiger partial charge in [0.1, 0.15) is 23.0 Å². The molecule has 11 rings (SSSR count). The first-order valence-electron chi connectivity index (χ1n) is 18.9. The van der Waals surface area contributed by atoms with Crippen molar-refractivity contribution in [3.63, 3.8) is 0 Å². The Kier molecular flexibility index (Phi) is 6.67. The van der Waals surface area contributed by atoms with E-state index in [0.29, 0.717) is 11.8 Å². The number of allylic oxidation sites excluding steroid dienone is 11. The Morgan fingerprint density at radius 1 is 0.615 bits per heavy atom. The van der Waals surface area contributed by atoms with Gasteiger partial charge in [-0.2, -0.15) is 0 Å². The van der Waals surface area contributed by atoms with Crippen LogP contribution >= 0.6 is 0 Å². The maximum absolute atomic E-state index is 7.55. The van der Waals surface area contributed by atoms with Gasteiger partial charge in [-0.15, -0.1) is 0 Å². The highest BCUT2D eigenvalue weighted by molar-refractivity contribution is 5.81. The Morgan fingerprint density at radius 3 is 2.17 bits per heavy atom. The minimum Gasteiger partial charge on any atom is -0.457 e. The summed E-state index contributed by atoms with van der Waals surface area (Å²) in [6, 6.07) is 35.6. The molecule has 0 aromatic heterocycles. The molecule has 3 heteroatoms. The van der Waals surface area contributed by atoms with E-state index in [4.69, 9.17) is 9.47 Å². The Morgan fingerprint density at radius 2 is 1.37 bits per heavy atom. The minimum absolute atomic E-state index is 0.157. The largest absolute Gasteiger partial charge is 0.457 e. The van der Waals surface area contributed by atoms with Gasteiger partial charge in [0.15, 0.2) is 0 Å². The van der Waals surface area contributed by atoms with Crippen LogP contribution in [0.2, 0.25) is 0 Å². The smallest absolute Gasteiger partial charge is 0.139 e. The molecule has 0 radical (unpaired) electrons. The highest BCUT2D eigenvalue weighted by atomic mass is 16.5. The Bertz CT molecular complexity index is 2350. The Balaban J connectivity index is 1.17. The minimum atomic E-state index is -0.576. The summed E-state index contributed by atoms with van der Waals surface area (Å²) in [6.45, 7) is 0. The standard InChI is InChI=1S/C49H39NO2/c1-3-16-32(17-4-1)34-21-14-27-41-47(34)52-48-38(24-15-28-42(48)49(41)39-25-8-11-30-44(39)51-45-31-12-9-26-40(45)49)37-23-13-22-36-35-20-7-10-29-43(35)50(46(36)37)33-18-5-2-6-19-33/h1-3,5-14,16,18-27,29-31,35-36,43,46H,4,15,17,28H2. The van der Waals surface area contributed by atoms with E-state index in [1.54, 1.807) is 0 Å². The van der Waals surface area contributed by atoms with Crippen LogP contribution in [-0.2, 0) is 5.41 Å². The second-order valence-electron chi connectivity index (χ2n) is 14.9. The van der Waals surface area contributed by atoms with Gasteiger partial charge in [0.25, 0.3) is 0 Å². The maximum Gasteiger partial charge on any atom is 0.139 e. The molecule has 3 heterocycles. The van der Waals surface area contributed by atoms with Crippen LogP contribution in [0.25, 0.3) is 5.57 Å². The van der Waals surface area contributed by atoms with Gasteiger partial charge in [-0.25, -0.2) is 0 Å². The van der Waals surface area contributed by atoms with Crippen LogP contribution < -0.4 is 14.4 Å². The zero-order valence-electron chi connectivity index (χ0n) is 29.0. The molecule has 4 atom stereocenters. The molecule has 0 N–H and O–H groups in total. The summed E-state index contributed by atoms with van der Waals surface area (Å²) < 4.78 is 14.3. The van der Waals surface area contributed by atoms with Crippen LogP contribution in [0.1, 0.15) is 47.9 Å². The highest BCUT2D eigenvalue weighted by Crippen LogP contribution is 2.63. The fourth-order valence-electron chi connectivity index (χ4n) is 10.3. The van der Waals surface area contributed by atoms with Crippen molar-refractivity contribution in [1.29, 1.82) is 0 Å². The zero-order valence-corrected chi connectivity index (χ0v) is 29.0. The van der Waals surface area contributed by atoms with Crippen molar-refractivity contribution in [2.75, 3.05) is 4.90 Å². The summed E-state index contributed by atoms with van der Waals surface area (Å²) in [7, 11) is 0. The van der Waals surface area contributed by atoms with E-state index in [2.05, 4.69) is 169 Å². The molecular formula is C49H39NO2. The van der Waals surface area contributed by atoms with Crippen molar-refractivity contribution < 1.29 is 9.47 Å². The molecule has 1 spiro atoms. The lowest BCUT2D eigenvalue weighted by Gasteiger charge is -2.48. The SMILES string of the molecule is C1=CCCC(c2cccc3c2OC2=C(CCC=C2C2=CC=CC4C5C=CC=CC5N(c5ccccc5)C24)C32c3ccccc3Oc3ccccc32)=C1. The molecule has 1 fully saturated rings. The van der Waals surface area contributed by atoms with Crippen LogP contribution in [0.15, 0.2) is 186 Å². The molecule has 4 aliphatic carbocycles. The predicted molar refractivity (Wildman–Crippen MR) is 210 cm³/mol. The molecule has 3 nitrogen and oxygen atoms in total. The molecular weight excluding hydrogens is 635 g/mol. The topological polar surface area (TPSA) is 21.7 Å². The molecule has 52 heavy (non-hydrogen) atoms. The van der Waals surface area contributed by atoms with Gasteiger partial charge in [-0.3, -0.25) is 0 Å². The third kappa shape index (κ3) is 4.14.